The molecule has 1 aromatic rings. The van der Waals surface area contributed by atoms with Crippen LogP contribution in [0.1, 0.15) is 19.3 Å². The second-order valence-corrected chi connectivity index (χ2v) is 5.56. The van der Waals surface area contributed by atoms with E-state index in [1.807, 2.05) is 4.72 Å². The Balaban J connectivity index is 1.99. The van der Waals surface area contributed by atoms with E-state index in [1.54, 1.807) is 18.2 Å². The zero-order valence-electron chi connectivity index (χ0n) is 9.13. The maximum absolute atomic E-state index is 11.7. The van der Waals surface area contributed by atoms with Gasteiger partial charge in [-0.15, -0.1) is 0 Å². The highest BCUT2D eigenvalue weighted by Crippen LogP contribution is 2.22. The number of carbonyl (C=O) groups is 1. The summed E-state index contributed by atoms with van der Waals surface area (Å²) in [5, 5.41) is 0. The number of hydrogen-bond donors (Lipinski definition) is 1. The molecular weight excluding hydrogens is 242 g/mol. The molecule has 0 spiro atoms. The minimum Gasteiger partial charge on any atom is -0.446 e. The van der Waals surface area contributed by atoms with Crippen molar-refractivity contribution < 1.29 is 17.9 Å². The van der Waals surface area contributed by atoms with Crippen LogP contribution in [-0.4, -0.2) is 20.6 Å². The highest BCUT2D eigenvalue weighted by molar-refractivity contribution is 7.90. The number of carbonyl (C=O) groups excluding carboxylic acids is 1. The molecule has 92 valence electrons. The lowest BCUT2D eigenvalue weighted by Crippen LogP contribution is -2.35. The van der Waals surface area contributed by atoms with Crippen LogP contribution in [0, 0.1) is 0 Å². The molecule has 0 bridgehead atoms. The van der Waals surface area contributed by atoms with E-state index in [2.05, 4.69) is 0 Å². The first kappa shape index (κ1) is 11.9. The van der Waals surface area contributed by atoms with Crippen molar-refractivity contribution in [3.8, 4) is 0 Å². The molecule has 0 unspecified atom stereocenters. The van der Waals surface area contributed by atoms with E-state index in [1.165, 1.54) is 12.1 Å². The van der Waals surface area contributed by atoms with Gasteiger partial charge >= 0.3 is 6.09 Å². The molecule has 1 fully saturated rings. The molecule has 0 radical (unpaired) electrons. The summed E-state index contributed by atoms with van der Waals surface area (Å²) in [5.74, 6) is 0. The lowest BCUT2D eigenvalue weighted by Gasteiger charge is -2.24. The SMILES string of the molecule is O=C(NS(=O)(=O)c1ccccc1)OC1CCC1. The van der Waals surface area contributed by atoms with Gasteiger partial charge in [-0.2, -0.15) is 0 Å². The normalized spacial score (nSPS) is 16.0. The molecule has 0 atom stereocenters. The van der Waals surface area contributed by atoms with E-state index >= 15 is 0 Å². The molecule has 1 aliphatic rings. The van der Waals surface area contributed by atoms with Gasteiger partial charge in [0.1, 0.15) is 6.10 Å². The summed E-state index contributed by atoms with van der Waals surface area (Å²) in [5.41, 5.74) is 0. The number of benzene rings is 1. The smallest absolute Gasteiger partial charge is 0.421 e. The Morgan fingerprint density at radius 2 is 1.88 bits per heavy atom. The largest absolute Gasteiger partial charge is 0.446 e. The molecule has 1 saturated carbocycles. The summed E-state index contributed by atoms with van der Waals surface area (Å²) in [6.07, 6.45) is 1.58. The Kier molecular flexibility index (Phi) is 3.33. The molecule has 1 aromatic carbocycles. The molecule has 0 aromatic heterocycles. The molecular formula is C11H13NO4S. The molecule has 0 saturated heterocycles. The van der Waals surface area contributed by atoms with Crippen LogP contribution in [0.4, 0.5) is 4.79 Å². The fraction of sp³-hybridized carbons (Fsp3) is 0.364. The van der Waals surface area contributed by atoms with Gasteiger partial charge in [0.05, 0.1) is 4.90 Å². The van der Waals surface area contributed by atoms with Crippen LogP contribution >= 0.6 is 0 Å². The van der Waals surface area contributed by atoms with Crippen LogP contribution in [0.5, 0.6) is 0 Å². The van der Waals surface area contributed by atoms with Gasteiger partial charge in [0.25, 0.3) is 10.0 Å². The van der Waals surface area contributed by atoms with Crippen LogP contribution in [0.25, 0.3) is 0 Å². The van der Waals surface area contributed by atoms with Crippen LogP contribution < -0.4 is 4.72 Å². The van der Waals surface area contributed by atoms with Crippen molar-refractivity contribution in [1.29, 1.82) is 0 Å². The Morgan fingerprint density at radius 1 is 1.24 bits per heavy atom. The molecule has 6 heteroatoms. The zero-order chi connectivity index (χ0) is 12.3. The Bertz CT molecular complexity index is 493. The lowest BCUT2D eigenvalue weighted by molar-refractivity contribution is 0.0564. The Labute approximate surface area is 99.8 Å². The van der Waals surface area contributed by atoms with E-state index < -0.39 is 16.1 Å². The van der Waals surface area contributed by atoms with Crippen molar-refractivity contribution in [2.75, 3.05) is 0 Å². The van der Waals surface area contributed by atoms with Crippen molar-refractivity contribution in [2.45, 2.75) is 30.3 Å². The van der Waals surface area contributed by atoms with Gasteiger partial charge in [0, 0.05) is 0 Å². The van der Waals surface area contributed by atoms with Crippen LogP contribution in [0.3, 0.4) is 0 Å². The standard InChI is InChI=1S/C11H13NO4S/c13-11(16-9-5-4-6-9)12-17(14,15)10-7-2-1-3-8-10/h1-3,7-9H,4-6H2,(H,12,13). The number of nitrogens with one attached hydrogen (secondary N) is 1. The maximum Gasteiger partial charge on any atom is 0.421 e. The molecule has 1 amide bonds. The van der Waals surface area contributed by atoms with Gasteiger partial charge in [-0.05, 0) is 31.4 Å². The van der Waals surface area contributed by atoms with Crippen molar-refractivity contribution in [3.05, 3.63) is 30.3 Å². The van der Waals surface area contributed by atoms with E-state index in [-0.39, 0.29) is 11.0 Å². The molecule has 17 heavy (non-hydrogen) atoms. The number of hydrogen-bond acceptors (Lipinski definition) is 4. The second-order valence-electron chi connectivity index (χ2n) is 3.88. The third kappa shape index (κ3) is 2.97. The van der Waals surface area contributed by atoms with Crippen LogP contribution in [0.2, 0.25) is 0 Å². The quantitative estimate of drug-likeness (QED) is 0.891. The Morgan fingerprint density at radius 3 is 2.41 bits per heavy atom. The third-order valence-electron chi connectivity index (χ3n) is 2.60. The van der Waals surface area contributed by atoms with Crippen molar-refractivity contribution in [1.82, 2.24) is 4.72 Å². The van der Waals surface area contributed by atoms with E-state index in [9.17, 15) is 13.2 Å². The second kappa shape index (κ2) is 4.75. The molecule has 5 nitrogen and oxygen atoms in total. The number of rotatable bonds is 3. The van der Waals surface area contributed by atoms with Crippen molar-refractivity contribution in [2.24, 2.45) is 0 Å². The van der Waals surface area contributed by atoms with E-state index in [0.29, 0.717) is 0 Å². The maximum atomic E-state index is 11.7. The number of amides is 1. The summed E-state index contributed by atoms with van der Waals surface area (Å²) in [4.78, 5) is 11.4. The average molecular weight is 255 g/mol. The van der Waals surface area contributed by atoms with Crippen molar-refractivity contribution in [3.63, 3.8) is 0 Å². The summed E-state index contributed by atoms with van der Waals surface area (Å²) in [6, 6.07) is 7.71. The molecule has 2 rings (SSSR count). The fourth-order valence-corrected chi connectivity index (χ4v) is 2.33. The van der Waals surface area contributed by atoms with Gasteiger partial charge < -0.3 is 4.74 Å². The van der Waals surface area contributed by atoms with Gasteiger partial charge in [-0.1, -0.05) is 18.2 Å². The molecule has 0 heterocycles. The summed E-state index contributed by atoms with van der Waals surface area (Å²) >= 11 is 0. The first-order valence-corrected chi connectivity index (χ1v) is 6.85. The lowest BCUT2D eigenvalue weighted by atomic mass is 9.96. The Hall–Kier alpha value is -1.56. The number of ether oxygens (including phenoxy) is 1. The highest BCUT2D eigenvalue weighted by Gasteiger charge is 2.24. The molecule has 1 aliphatic carbocycles. The highest BCUT2D eigenvalue weighted by atomic mass is 32.2. The molecule has 0 aliphatic heterocycles. The average Bonchev–Trinajstić information content (AvgIpc) is 2.24. The first-order chi connectivity index (χ1) is 8.08. The fourth-order valence-electron chi connectivity index (χ4n) is 1.43. The summed E-state index contributed by atoms with van der Waals surface area (Å²) in [7, 11) is -3.81. The van der Waals surface area contributed by atoms with E-state index in [4.69, 9.17) is 4.74 Å². The van der Waals surface area contributed by atoms with Gasteiger partial charge in [0.15, 0.2) is 0 Å². The molecule has 1 N–H and O–H groups in total. The van der Waals surface area contributed by atoms with Crippen LogP contribution in [0.15, 0.2) is 35.2 Å². The topological polar surface area (TPSA) is 72.5 Å². The van der Waals surface area contributed by atoms with Gasteiger partial charge in [-0.25, -0.2) is 17.9 Å². The summed E-state index contributed by atoms with van der Waals surface area (Å²) < 4.78 is 30.2. The number of sulfonamides is 1. The third-order valence-corrected chi connectivity index (χ3v) is 3.93. The van der Waals surface area contributed by atoms with Crippen molar-refractivity contribution >= 4 is 16.1 Å². The summed E-state index contributed by atoms with van der Waals surface area (Å²) in [6.45, 7) is 0. The predicted octanol–water partition coefficient (Wildman–Crippen LogP) is 1.65. The zero-order valence-corrected chi connectivity index (χ0v) is 9.94. The van der Waals surface area contributed by atoms with Gasteiger partial charge in [0.2, 0.25) is 0 Å². The van der Waals surface area contributed by atoms with Crippen LogP contribution in [-0.2, 0) is 14.8 Å². The minimum absolute atomic E-state index is 0.0468. The van der Waals surface area contributed by atoms with E-state index in [0.717, 1.165) is 19.3 Å². The monoisotopic (exact) mass is 255 g/mol. The minimum atomic E-state index is -3.81. The first-order valence-electron chi connectivity index (χ1n) is 5.36. The predicted molar refractivity (Wildman–Crippen MR) is 60.9 cm³/mol. The van der Waals surface area contributed by atoms with Gasteiger partial charge in [-0.3, -0.25) is 0 Å².